The van der Waals surface area contributed by atoms with Gasteiger partial charge in [0, 0.05) is 16.7 Å². The molecule has 2 unspecified atom stereocenters. The van der Waals surface area contributed by atoms with Crippen molar-refractivity contribution in [2.75, 3.05) is 18.5 Å². The zero-order valence-corrected chi connectivity index (χ0v) is 13.3. The fourth-order valence-corrected chi connectivity index (χ4v) is 3.29. The van der Waals surface area contributed by atoms with Gasteiger partial charge in [-0.05, 0) is 46.8 Å². The van der Waals surface area contributed by atoms with Gasteiger partial charge in [-0.1, -0.05) is 38.3 Å². The molecule has 2 atom stereocenters. The van der Waals surface area contributed by atoms with E-state index in [1.54, 1.807) is 0 Å². The van der Waals surface area contributed by atoms with Gasteiger partial charge in [0.1, 0.15) is 0 Å². The quantitative estimate of drug-likeness (QED) is 0.755. The first-order valence-corrected chi connectivity index (χ1v) is 8.20. The highest BCUT2D eigenvalue weighted by atomic mass is 79.9. The second-order valence-corrected chi connectivity index (χ2v) is 6.12. The van der Waals surface area contributed by atoms with Gasteiger partial charge in [-0.3, -0.25) is 0 Å². The zero-order chi connectivity index (χ0) is 13.5. The number of halogens is 1. The molecule has 1 saturated carbocycles. The Bertz CT molecular complexity index is 383. The minimum atomic E-state index is 0.486. The number of ether oxygens (including phenoxy) is 1. The Morgan fingerprint density at radius 3 is 2.84 bits per heavy atom. The molecular weight excluding hydrogens is 302 g/mol. The molecule has 0 bridgehead atoms. The molecule has 1 N–H and O–H groups in total. The molecule has 1 aliphatic rings. The maximum atomic E-state index is 6.07. The molecule has 0 heterocycles. The number of nitrogens with one attached hydrogen (secondary N) is 1. The molecule has 0 spiro atoms. The fourth-order valence-electron chi connectivity index (χ4n) is 2.86. The van der Waals surface area contributed by atoms with Crippen molar-refractivity contribution in [2.24, 2.45) is 5.92 Å². The summed E-state index contributed by atoms with van der Waals surface area (Å²) in [7, 11) is 0. The summed E-state index contributed by atoms with van der Waals surface area (Å²) in [4.78, 5) is 0. The third-order valence-corrected chi connectivity index (χ3v) is 4.68. The Morgan fingerprint density at radius 1 is 1.26 bits per heavy atom. The average molecular weight is 326 g/mol. The van der Waals surface area contributed by atoms with Crippen LogP contribution in [0.5, 0.6) is 0 Å². The Hall–Kier alpha value is -0.540. The molecular formula is C16H24BrNO. The maximum Gasteiger partial charge on any atom is 0.0642 e. The summed E-state index contributed by atoms with van der Waals surface area (Å²) < 4.78 is 7.18. The van der Waals surface area contributed by atoms with Crippen LogP contribution in [-0.4, -0.2) is 19.3 Å². The molecule has 1 aromatic rings. The van der Waals surface area contributed by atoms with Crippen LogP contribution in [0.1, 0.15) is 39.0 Å². The highest BCUT2D eigenvalue weighted by Gasteiger charge is 2.23. The minimum absolute atomic E-state index is 0.486. The lowest BCUT2D eigenvalue weighted by molar-refractivity contribution is -0.00688. The van der Waals surface area contributed by atoms with Crippen LogP contribution in [0.3, 0.4) is 0 Å². The predicted molar refractivity (Wildman–Crippen MR) is 84.6 cm³/mol. The molecule has 0 aromatic heterocycles. The molecule has 0 saturated heterocycles. The van der Waals surface area contributed by atoms with E-state index in [1.807, 2.05) is 12.1 Å². The van der Waals surface area contributed by atoms with E-state index in [-0.39, 0.29) is 0 Å². The van der Waals surface area contributed by atoms with E-state index in [2.05, 4.69) is 40.3 Å². The second-order valence-electron chi connectivity index (χ2n) is 5.27. The van der Waals surface area contributed by atoms with E-state index < -0.39 is 0 Å². The Morgan fingerprint density at radius 2 is 2.05 bits per heavy atom. The van der Waals surface area contributed by atoms with Crippen LogP contribution in [0.4, 0.5) is 5.69 Å². The summed E-state index contributed by atoms with van der Waals surface area (Å²) in [6.07, 6.45) is 7.04. The molecule has 3 heteroatoms. The second kappa shape index (κ2) is 7.91. The minimum Gasteiger partial charge on any atom is -0.382 e. The SMILES string of the molecule is CCC1CCCCC1OCCNc1ccccc1Br. The van der Waals surface area contributed by atoms with Gasteiger partial charge in [-0.15, -0.1) is 0 Å². The first kappa shape index (κ1) is 14.9. The van der Waals surface area contributed by atoms with Gasteiger partial charge < -0.3 is 10.1 Å². The van der Waals surface area contributed by atoms with Crippen molar-refractivity contribution >= 4 is 21.6 Å². The number of para-hydroxylation sites is 1. The van der Waals surface area contributed by atoms with Gasteiger partial charge in [0.05, 0.1) is 12.7 Å². The van der Waals surface area contributed by atoms with Crippen LogP contribution in [0.15, 0.2) is 28.7 Å². The molecule has 0 amide bonds. The summed E-state index contributed by atoms with van der Waals surface area (Å²) >= 11 is 3.54. The van der Waals surface area contributed by atoms with Gasteiger partial charge in [0.2, 0.25) is 0 Å². The number of anilines is 1. The number of benzene rings is 1. The largest absolute Gasteiger partial charge is 0.382 e. The Balaban J connectivity index is 1.70. The lowest BCUT2D eigenvalue weighted by atomic mass is 9.85. The summed E-state index contributed by atoms with van der Waals surface area (Å²) in [5, 5.41) is 3.41. The molecule has 1 aliphatic carbocycles. The number of hydrogen-bond donors (Lipinski definition) is 1. The molecule has 0 radical (unpaired) electrons. The van der Waals surface area contributed by atoms with Crippen molar-refractivity contribution in [3.8, 4) is 0 Å². The van der Waals surface area contributed by atoms with Crippen LogP contribution in [-0.2, 0) is 4.74 Å². The van der Waals surface area contributed by atoms with Crippen molar-refractivity contribution < 1.29 is 4.74 Å². The Labute approximate surface area is 125 Å². The third-order valence-electron chi connectivity index (χ3n) is 3.99. The molecule has 2 nitrogen and oxygen atoms in total. The standard InChI is InChI=1S/C16H24BrNO/c1-2-13-7-3-6-10-16(13)19-12-11-18-15-9-5-4-8-14(15)17/h4-5,8-9,13,16,18H,2-3,6-7,10-12H2,1H3. The molecule has 106 valence electrons. The monoisotopic (exact) mass is 325 g/mol. The van der Waals surface area contributed by atoms with Gasteiger partial charge in [0.25, 0.3) is 0 Å². The van der Waals surface area contributed by atoms with E-state index in [0.29, 0.717) is 6.10 Å². The van der Waals surface area contributed by atoms with Gasteiger partial charge in [-0.2, -0.15) is 0 Å². The maximum absolute atomic E-state index is 6.07. The normalized spacial score (nSPS) is 23.3. The van der Waals surface area contributed by atoms with Crippen molar-refractivity contribution in [1.29, 1.82) is 0 Å². The molecule has 1 aromatic carbocycles. The van der Waals surface area contributed by atoms with Crippen molar-refractivity contribution in [3.63, 3.8) is 0 Å². The average Bonchev–Trinajstić information content (AvgIpc) is 2.45. The first-order valence-electron chi connectivity index (χ1n) is 7.41. The van der Waals surface area contributed by atoms with Gasteiger partial charge >= 0.3 is 0 Å². The highest BCUT2D eigenvalue weighted by Crippen LogP contribution is 2.29. The smallest absolute Gasteiger partial charge is 0.0642 e. The molecule has 1 fully saturated rings. The fraction of sp³-hybridized carbons (Fsp3) is 0.625. The zero-order valence-electron chi connectivity index (χ0n) is 11.7. The number of hydrogen-bond acceptors (Lipinski definition) is 2. The van der Waals surface area contributed by atoms with E-state index in [0.717, 1.165) is 29.2 Å². The summed E-state index contributed by atoms with van der Waals surface area (Å²) in [6.45, 7) is 3.95. The van der Waals surface area contributed by atoms with E-state index in [1.165, 1.54) is 32.1 Å². The van der Waals surface area contributed by atoms with E-state index >= 15 is 0 Å². The summed E-state index contributed by atoms with van der Waals surface area (Å²) in [6, 6.07) is 8.21. The van der Waals surface area contributed by atoms with Crippen LogP contribution in [0.25, 0.3) is 0 Å². The topological polar surface area (TPSA) is 21.3 Å². The van der Waals surface area contributed by atoms with E-state index in [4.69, 9.17) is 4.74 Å². The summed E-state index contributed by atoms with van der Waals surface area (Å²) in [5.74, 6) is 0.775. The van der Waals surface area contributed by atoms with Crippen molar-refractivity contribution in [2.45, 2.75) is 45.1 Å². The number of rotatable bonds is 6. The highest BCUT2D eigenvalue weighted by molar-refractivity contribution is 9.10. The predicted octanol–water partition coefficient (Wildman–Crippen LogP) is 4.85. The lowest BCUT2D eigenvalue weighted by Crippen LogP contribution is -2.29. The van der Waals surface area contributed by atoms with Crippen molar-refractivity contribution in [3.05, 3.63) is 28.7 Å². The first-order chi connectivity index (χ1) is 9.31. The molecule has 19 heavy (non-hydrogen) atoms. The summed E-state index contributed by atoms with van der Waals surface area (Å²) in [5.41, 5.74) is 1.14. The third kappa shape index (κ3) is 4.50. The molecule has 0 aliphatic heterocycles. The lowest BCUT2D eigenvalue weighted by Gasteiger charge is -2.30. The van der Waals surface area contributed by atoms with Crippen LogP contribution in [0, 0.1) is 5.92 Å². The van der Waals surface area contributed by atoms with Crippen LogP contribution < -0.4 is 5.32 Å². The van der Waals surface area contributed by atoms with Crippen molar-refractivity contribution in [1.82, 2.24) is 0 Å². The molecule has 2 rings (SSSR count). The van der Waals surface area contributed by atoms with Gasteiger partial charge in [-0.25, -0.2) is 0 Å². The Kier molecular flexibility index (Phi) is 6.18. The van der Waals surface area contributed by atoms with Crippen LogP contribution in [0.2, 0.25) is 0 Å². The van der Waals surface area contributed by atoms with E-state index in [9.17, 15) is 0 Å². The van der Waals surface area contributed by atoms with Gasteiger partial charge in [0.15, 0.2) is 0 Å². The van der Waals surface area contributed by atoms with Crippen LogP contribution >= 0.6 is 15.9 Å².